The number of aliphatic carboxylic acids is 1. The third-order valence-corrected chi connectivity index (χ3v) is 7.52. The number of hydrogen-bond donors (Lipinski definition) is 2. The third kappa shape index (κ3) is 5.09. The normalized spacial score (nSPS) is 15.4. The van der Waals surface area contributed by atoms with Crippen LogP contribution >= 0.6 is 0 Å². The molecule has 1 aromatic heterocycles. The van der Waals surface area contributed by atoms with Crippen LogP contribution in [-0.2, 0) is 26.0 Å². The zero-order valence-corrected chi connectivity index (χ0v) is 20.3. The molecule has 0 radical (unpaired) electrons. The summed E-state index contributed by atoms with van der Waals surface area (Å²) in [5.74, 6) is -2.16. The molecule has 190 valence electrons. The van der Waals surface area contributed by atoms with Crippen molar-refractivity contribution in [2.24, 2.45) is 0 Å². The lowest BCUT2D eigenvalue weighted by Crippen LogP contribution is -2.45. The largest absolute Gasteiger partial charge is 0.482 e. The van der Waals surface area contributed by atoms with Crippen LogP contribution in [0.1, 0.15) is 34.2 Å². The molecule has 2 aromatic carbocycles. The number of aryl methyl sites for hydroxylation is 2. The molecule has 12 heteroatoms. The fourth-order valence-electron chi connectivity index (χ4n) is 4.36. The second kappa shape index (κ2) is 10.1. The summed E-state index contributed by atoms with van der Waals surface area (Å²) in [5, 5.41) is 12.7. The van der Waals surface area contributed by atoms with Gasteiger partial charge in [0.1, 0.15) is 22.2 Å². The fourth-order valence-corrected chi connectivity index (χ4v) is 5.66. The average Bonchev–Trinajstić information content (AvgIpc) is 3.19. The molecule has 10 nitrogen and oxygen atoms in total. The van der Waals surface area contributed by atoms with Crippen LogP contribution in [0.4, 0.5) is 4.39 Å². The van der Waals surface area contributed by atoms with E-state index in [0.717, 1.165) is 11.6 Å². The Bertz CT molecular complexity index is 1400. The minimum atomic E-state index is -4.09. The van der Waals surface area contributed by atoms with Crippen LogP contribution in [0.3, 0.4) is 0 Å². The quantitative estimate of drug-likeness (QED) is 0.464. The zero-order valence-electron chi connectivity index (χ0n) is 19.5. The van der Waals surface area contributed by atoms with E-state index < -0.39 is 46.9 Å². The number of carboxylic acid groups (broad SMARTS) is 1. The van der Waals surface area contributed by atoms with E-state index in [9.17, 15) is 22.4 Å². The number of ether oxygens (including phenoxy) is 1. The molecular weight excluding hydrogens is 493 g/mol. The van der Waals surface area contributed by atoms with E-state index in [4.69, 9.17) is 14.4 Å². The van der Waals surface area contributed by atoms with Gasteiger partial charge >= 0.3 is 5.97 Å². The number of carboxylic acids is 1. The topological polar surface area (TPSA) is 139 Å². The van der Waals surface area contributed by atoms with Gasteiger partial charge in [-0.15, -0.1) is 0 Å². The summed E-state index contributed by atoms with van der Waals surface area (Å²) < 4.78 is 52.6. The fraction of sp³-hybridized carbons (Fsp3) is 0.292. The van der Waals surface area contributed by atoms with Gasteiger partial charge in [0.2, 0.25) is 15.9 Å². The number of rotatable bonds is 8. The molecule has 4 rings (SSSR count). The van der Waals surface area contributed by atoms with Crippen LogP contribution in [0.5, 0.6) is 5.75 Å². The van der Waals surface area contributed by atoms with E-state index in [1.54, 1.807) is 12.1 Å². The molecule has 36 heavy (non-hydrogen) atoms. The van der Waals surface area contributed by atoms with Crippen LogP contribution in [0.2, 0.25) is 0 Å². The number of carbonyl (C=O) groups is 2. The van der Waals surface area contributed by atoms with Gasteiger partial charge in [-0.05, 0) is 49.6 Å². The smallest absolute Gasteiger partial charge is 0.341 e. The van der Waals surface area contributed by atoms with Crippen molar-refractivity contribution in [2.45, 2.75) is 31.2 Å². The molecule has 2 N–H and O–H groups in total. The first-order chi connectivity index (χ1) is 17.1. The van der Waals surface area contributed by atoms with Gasteiger partial charge in [-0.25, -0.2) is 22.3 Å². The van der Waals surface area contributed by atoms with Crippen LogP contribution in [0.15, 0.2) is 51.9 Å². The van der Waals surface area contributed by atoms with E-state index >= 15 is 0 Å². The Balaban J connectivity index is 1.69. The highest BCUT2D eigenvalue weighted by molar-refractivity contribution is 7.89. The number of nitrogens with one attached hydrogen (secondary N) is 1. The first-order valence-corrected chi connectivity index (χ1v) is 12.5. The van der Waals surface area contributed by atoms with Gasteiger partial charge < -0.3 is 19.3 Å². The van der Waals surface area contributed by atoms with E-state index in [0.29, 0.717) is 12.0 Å². The highest BCUT2D eigenvalue weighted by Crippen LogP contribution is 2.39. The van der Waals surface area contributed by atoms with E-state index in [1.807, 2.05) is 12.1 Å². The van der Waals surface area contributed by atoms with Crippen molar-refractivity contribution in [1.29, 1.82) is 0 Å². The monoisotopic (exact) mass is 517 g/mol. The van der Waals surface area contributed by atoms with Crippen molar-refractivity contribution in [1.82, 2.24) is 14.8 Å². The number of halogens is 1. The van der Waals surface area contributed by atoms with Gasteiger partial charge in [-0.3, -0.25) is 4.79 Å². The summed E-state index contributed by atoms with van der Waals surface area (Å²) in [6.45, 7) is 1.94. The molecule has 0 fully saturated rings. The maximum absolute atomic E-state index is 14.4. The second-order valence-corrected chi connectivity index (χ2v) is 9.98. The van der Waals surface area contributed by atoms with Crippen LogP contribution < -0.4 is 9.46 Å². The number of carbonyl (C=O) groups excluding carboxylic acids is 1. The minimum absolute atomic E-state index is 0.0946. The number of nitrogens with zero attached hydrogens (tertiary/aromatic N) is 2. The Morgan fingerprint density at radius 1 is 1.22 bits per heavy atom. The Morgan fingerprint density at radius 2 is 1.97 bits per heavy atom. The van der Waals surface area contributed by atoms with Crippen molar-refractivity contribution >= 4 is 21.9 Å². The Hall–Kier alpha value is -3.77. The molecular formula is C24H24FN3O7S. The Kier molecular flexibility index (Phi) is 7.09. The van der Waals surface area contributed by atoms with Crippen molar-refractivity contribution in [2.75, 3.05) is 19.7 Å². The lowest BCUT2D eigenvalue weighted by Gasteiger charge is -2.38. The van der Waals surface area contributed by atoms with E-state index in [1.165, 1.54) is 30.9 Å². The zero-order chi connectivity index (χ0) is 26.0. The van der Waals surface area contributed by atoms with Gasteiger partial charge in [0.15, 0.2) is 12.4 Å². The summed E-state index contributed by atoms with van der Waals surface area (Å²) >= 11 is 0. The molecule has 1 amide bonds. The first-order valence-electron chi connectivity index (χ1n) is 11.0. The summed E-state index contributed by atoms with van der Waals surface area (Å²) in [5.41, 5.74) is 2.05. The molecule has 2 heterocycles. The van der Waals surface area contributed by atoms with Crippen molar-refractivity contribution in [3.8, 4) is 5.75 Å². The number of fused-ring (bicyclic) bond motifs is 1. The minimum Gasteiger partial charge on any atom is -0.482 e. The predicted octanol–water partition coefficient (Wildman–Crippen LogP) is 2.35. The second-order valence-electron chi connectivity index (χ2n) is 8.28. The highest BCUT2D eigenvalue weighted by Gasteiger charge is 2.35. The summed E-state index contributed by atoms with van der Waals surface area (Å²) in [7, 11) is -4.09. The SMILES string of the molecule is Cc1noc(C)c1S(=O)(=O)NCC(=O)N1CCc2ccccc2C1c1cc(F)ccc1OCC(=O)O. The summed E-state index contributed by atoms with van der Waals surface area (Å²) in [4.78, 5) is 25.8. The molecule has 0 spiro atoms. The molecule has 0 bridgehead atoms. The maximum atomic E-state index is 14.4. The van der Waals surface area contributed by atoms with Crippen molar-refractivity contribution in [3.63, 3.8) is 0 Å². The number of sulfonamides is 1. The van der Waals surface area contributed by atoms with Gasteiger partial charge in [0, 0.05) is 12.1 Å². The van der Waals surface area contributed by atoms with Gasteiger partial charge in [0.25, 0.3) is 0 Å². The summed E-state index contributed by atoms with van der Waals surface area (Å²) in [6, 6.07) is 10.1. The van der Waals surface area contributed by atoms with Crippen LogP contribution in [0.25, 0.3) is 0 Å². The molecule has 0 aliphatic carbocycles. The standard InChI is InChI=1S/C24H24FN3O7S/c1-14-24(15(2)35-27-14)36(32,33)26-12-21(29)28-10-9-16-5-3-4-6-18(16)23(28)19-11-17(25)7-8-20(19)34-13-22(30)31/h3-8,11,23,26H,9-10,12-13H2,1-2H3,(H,30,31). The number of hydrogen-bond acceptors (Lipinski definition) is 7. The first kappa shape index (κ1) is 25.3. The van der Waals surface area contributed by atoms with E-state index in [-0.39, 0.29) is 34.2 Å². The molecule has 1 unspecified atom stereocenters. The average molecular weight is 518 g/mol. The van der Waals surface area contributed by atoms with Gasteiger partial charge in [-0.2, -0.15) is 0 Å². The number of benzene rings is 2. The van der Waals surface area contributed by atoms with Crippen molar-refractivity contribution < 1.29 is 36.8 Å². The Morgan fingerprint density at radius 3 is 2.67 bits per heavy atom. The van der Waals surface area contributed by atoms with E-state index in [2.05, 4.69) is 9.88 Å². The molecule has 0 saturated heterocycles. The van der Waals surface area contributed by atoms with Gasteiger partial charge in [-0.1, -0.05) is 29.4 Å². The number of amides is 1. The van der Waals surface area contributed by atoms with Crippen molar-refractivity contribution in [3.05, 3.63) is 76.4 Å². The molecule has 1 atom stereocenters. The van der Waals surface area contributed by atoms with Gasteiger partial charge in [0.05, 0.1) is 12.6 Å². The lowest BCUT2D eigenvalue weighted by atomic mass is 9.87. The molecule has 1 aliphatic rings. The maximum Gasteiger partial charge on any atom is 0.341 e. The van der Waals surface area contributed by atoms with Crippen LogP contribution in [-0.4, -0.2) is 55.2 Å². The van der Waals surface area contributed by atoms with Crippen LogP contribution in [0, 0.1) is 19.7 Å². The predicted molar refractivity (Wildman–Crippen MR) is 124 cm³/mol. The molecule has 3 aromatic rings. The number of aromatic nitrogens is 1. The molecule has 0 saturated carbocycles. The highest BCUT2D eigenvalue weighted by atomic mass is 32.2. The lowest BCUT2D eigenvalue weighted by molar-refractivity contribution is -0.139. The molecule has 1 aliphatic heterocycles. The Labute approximate surface area is 206 Å². The third-order valence-electron chi connectivity index (χ3n) is 5.87. The summed E-state index contributed by atoms with van der Waals surface area (Å²) in [6.07, 6.45) is 0.496.